The van der Waals surface area contributed by atoms with Crippen molar-refractivity contribution < 1.29 is 64.4 Å². The van der Waals surface area contributed by atoms with Crippen LogP contribution in [-0.4, -0.2) is 13.0 Å². The third-order valence-corrected chi connectivity index (χ3v) is 5.72. The molecule has 5 heteroatoms. The van der Waals surface area contributed by atoms with E-state index in [1.807, 2.05) is 24.3 Å². The van der Waals surface area contributed by atoms with Crippen LogP contribution in [-0.2, 0) is 16.5 Å². The molecule has 2 aromatic rings. The fourth-order valence-corrected chi connectivity index (χ4v) is 4.17. The Morgan fingerprint density at radius 2 is 1.38 bits per heavy atom. The molecule has 0 unspecified atom stereocenters. The summed E-state index contributed by atoms with van der Waals surface area (Å²) in [7, 11) is -4.44. The average Bonchev–Trinajstić information content (AvgIpc) is 2.59. The number of benzene rings is 2. The molecule has 0 saturated heterocycles. The van der Waals surface area contributed by atoms with Crippen LogP contribution in [0.5, 0.6) is 0 Å². The predicted molar refractivity (Wildman–Crippen MR) is 103 cm³/mol. The van der Waals surface area contributed by atoms with E-state index in [1.54, 1.807) is 6.07 Å². The summed E-state index contributed by atoms with van der Waals surface area (Å²) in [5.41, 5.74) is 0.691. The van der Waals surface area contributed by atoms with Crippen molar-refractivity contribution in [3.05, 3.63) is 42.0 Å². The topological polar surface area (TPSA) is 57.2 Å². The van der Waals surface area contributed by atoms with Gasteiger partial charge in [0.25, 0.3) is 0 Å². The minimum Gasteiger partial charge on any atom is -0.744 e. The largest absolute Gasteiger partial charge is 1.00 e. The molecule has 0 aromatic heterocycles. The van der Waals surface area contributed by atoms with Crippen LogP contribution in [0.4, 0.5) is 0 Å². The molecule has 26 heavy (non-hydrogen) atoms. The summed E-state index contributed by atoms with van der Waals surface area (Å²) in [6, 6.07) is 10.9. The number of unbranched alkanes of at least 4 members (excludes halogenated alkanes) is 8. The summed E-state index contributed by atoms with van der Waals surface area (Å²) >= 11 is 0. The molecule has 3 nitrogen and oxygen atoms in total. The molecular formula is C21H29KO3S. The van der Waals surface area contributed by atoms with E-state index < -0.39 is 10.1 Å². The quantitative estimate of drug-likeness (QED) is 0.331. The Morgan fingerprint density at radius 3 is 2.00 bits per heavy atom. The molecule has 0 heterocycles. The Hall–Kier alpha value is 0.246. The molecule has 0 aliphatic carbocycles. The zero-order valence-corrected chi connectivity index (χ0v) is 20.1. The molecule has 0 radical (unpaired) electrons. The van der Waals surface area contributed by atoms with E-state index in [0.717, 1.165) is 23.6 Å². The Kier molecular flexibility index (Phi) is 11.8. The summed E-state index contributed by atoms with van der Waals surface area (Å²) in [6.45, 7) is 2.23. The fraction of sp³-hybridized carbons (Fsp3) is 0.524. The first-order valence-corrected chi connectivity index (χ1v) is 10.9. The summed E-state index contributed by atoms with van der Waals surface area (Å²) < 4.78 is 34.8. The van der Waals surface area contributed by atoms with Gasteiger partial charge in [-0.2, -0.15) is 0 Å². The van der Waals surface area contributed by atoms with Crippen LogP contribution < -0.4 is 51.4 Å². The van der Waals surface area contributed by atoms with Crippen molar-refractivity contribution in [1.29, 1.82) is 0 Å². The number of rotatable bonds is 11. The number of aryl methyl sites for hydroxylation is 1. The summed E-state index contributed by atoms with van der Waals surface area (Å²) in [6.07, 6.45) is 11.6. The average molecular weight is 401 g/mol. The van der Waals surface area contributed by atoms with Crippen molar-refractivity contribution >= 4 is 20.9 Å². The van der Waals surface area contributed by atoms with Crippen molar-refractivity contribution in [3.8, 4) is 0 Å². The molecule has 0 saturated carbocycles. The van der Waals surface area contributed by atoms with Gasteiger partial charge in [-0.15, -0.1) is 0 Å². The summed E-state index contributed by atoms with van der Waals surface area (Å²) in [5.74, 6) is 0. The molecule has 0 amide bonds. The fourth-order valence-electron chi connectivity index (χ4n) is 3.42. The minimum absolute atomic E-state index is 0. The van der Waals surface area contributed by atoms with Gasteiger partial charge in [0.05, 0.1) is 4.90 Å². The molecule has 2 rings (SSSR count). The standard InChI is InChI=1S/C21H30O3S.K/c1-2-3-4-5-6-7-8-9-10-15-20-19-14-12-11-13-18(19)16-17-21(20)25(22,23)24;/h11-14,16-17H,2-10,15H2,1H3,(H,22,23,24);/q;+1/p-1. The van der Waals surface area contributed by atoms with Crippen LogP contribution >= 0.6 is 0 Å². The van der Waals surface area contributed by atoms with Gasteiger partial charge in [-0.3, -0.25) is 0 Å². The monoisotopic (exact) mass is 400 g/mol. The van der Waals surface area contributed by atoms with Crippen LogP contribution in [0, 0.1) is 0 Å². The molecule has 0 aliphatic heterocycles. The van der Waals surface area contributed by atoms with E-state index in [2.05, 4.69) is 6.92 Å². The second-order valence-corrected chi connectivity index (χ2v) is 8.14. The van der Waals surface area contributed by atoms with Gasteiger partial charge in [0, 0.05) is 0 Å². The Balaban J connectivity index is 0.00000338. The number of fused-ring (bicyclic) bond motifs is 1. The van der Waals surface area contributed by atoms with Crippen molar-refractivity contribution in [2.24, 2.45) is 0 Å². The maximum absolute atomic E-state index is 11.6. The Bertz CT molecular complexity index is 772. The first-order valence-electron chi connectivity index (χ1n) is 9.50. The smallest absolute Gasteiger partial charge is 0.744 e. The molecule has 0 N–H and O–H groups in total. The molecule has 0 aliphatic rings. The number of hydrogen-bond donors (Lipinski definition) is 0. The SMILES string of the molecule is CCCCCCCCCCCc1c(S(=O)(=O)[O-])ccc2ccccc12.[K+]. The first-order chi connectivity index (χ1) is 12.0. The molecule has 0 atom stereocenters. The van der Waals surface area contributed by atoms with E-state index in [9.17, 15) is 13.0 Å². The molecule has 2 aromatic carbocycles. The summed E-state index contributed by atoms with van der Waals surface area (Å²) in [5, 5.41) is 1.87. The zero-order valence-electron chi connectivity index (χ0n) is 16.2. The second kappa shape index (κ2) is 12.7. The van der Waals surface area contributed by atoms with Gasteiger partial charge >= 0.3 is 51.4 Å². The van der Waals surface area contributed by atoms with E-state index in [1.165, 1.54) is 51.0 Å². The van der Waals surface area contributed by atoms with Crippen LogP contribution in [0.1, 0.15) is 70.3 Å². The van der Waals surface area contributed by atoms with Crippen molar-refractivity contribution in [2.75, 3.05) is 0 Å². The third-order valence-electron chi connectivity index (χ3n) is 4.80. The maximum Gasteiger partial charge on any atom is 1.00 e. The maximum atomic E-state index is 11.6. The van der Waals surface area contributed by atoms with Gasteiger partial charge in [-0.05, 0) is 35.2 Å². The van der Waals surface area contributed by atoms with Crippen LogP contribution in [0.2, 0.25) is 0 Å². The normalized spacial score (nSPS) is 11.5. The van der Waals surface area contributed by atoms with Gasteiger partial charge < -0.3 is 4.55 Å². The van der Waals surface area contributed by atoms with Crippen LogP contribution in [0.25, 0.3) is 10.8 Å². The van der Waals surface area contributed by atoms with E-state index in [4.69, 9.17) is 0 Å². The predicted octanol–water partition coefficient (Wildman–Crippen LogP) is 2.82. The molecule has 0 spiro atoms. The Labute approximate surface area is 201 Å². The number of hydrogen-bond acceptors (Lipinski definition) is 3. The third kappa shape index (κ3) is 7.70. The van der Waals surface area contributed by atoms with Gasteiger partial charge in [0.15, 0.2) is 0 Å². The van der Waals surface area contributed by atoms with Crippen molar-refractivity contribution in [1.82, 2.24) is 0 Å². The van der Waals surface area contributed by atoms with Crippen LogP contribution in [0.15, 0.2) is 41.3 Å². The Morgan fingerprint density at radius 1 is 0.808 bits per heavy atom. The van der Waals surface area contributed by atoms with Gasteiger partial charge in [-0.1, -0.05) is 88.6 Å². The zero-order chi connectivity index (χ0) is 18.1. The summed E-state index contributed by atoms with van der Waals surface area (Å²) in [4.78, 5) is -0.0502. The van der Waals surface area contributed by atoms with Crippen LogP contribution in [0.3, 0.4) is 0 Å². The van der Waals surface area contributed by atoms with Crippen molar-refractivity contribution in [2.45, 2.75) is 76.0 Å². The minimum atomic E-state index is -4.44. The molecule has 0 fully saturated rings. The van der Waals surface area contributed by atoms with Gasteiger partial charge in [0.1, 0.15) is 10.1 Å². The van der Waals surface area contributed by atoms with E-state index in [-0.39, 0.29) is 56.3 Å². The molecule has 0 bridgehead atoms. The van der Waals surface area contributed by atoms with Gasteiger partial charge in [0.2, 0.25) is 0 Å². The molecule has 138 valence electrons. The molecular weight excluding hydrogens is 371 g/mol. The van der Waals surface area contributed by atoms with Crippen molar-refractivity contribution in [3.63, 3.8) is 0 Å². The second-order valence-electron chi connectivity index (χ2n) is 6.80. The van der Waals surface area contributed by atoms with Gasteiger partial charge in [-0.25, -0.2) is 8.42 Å². The van der Waals surface area contributed by atoms with E-state index >= 15 is 0 Å². The van der Waals surface area contributed by atoms with E-state index in [0.29, 0.717) is 12.0 Å². The first kappa shape index (κ1) is 24.3.